The van der Waals surface area contributed by atoms with Gasteiger partial charge in [-0.3, -0.25) is 9.59 Å². The Labute approximate surface area is 109 Å². The van der Waals surface area contributed by atoms with Crippen molar-refractivity contribution in [1.29, 1.82) is 0 Å². The lowest BCUT2D eigenvalue weighted by atomic mass is 10.1. The van der Waals surface area contributed by atoms with Crippen LogP contribution in [-0.4, -0.2) is 48.6 Å². The van der Waals surface area contributed by atoms with E-state index in [1.54, 1.807) is 11.8 Å². The average Bonchev–Trinajstić information content (AvgIpc) is 2.35. The van der Waals surface area contributed by atoms with E-state index in [9.17, 15) is 9.59 Å². The summed E-state index contributed by atoms with van der Waals surface area (Å²) in [6, 6.07) is -0.725. The molecule has 2 amide bonds. The molecule has 2 unspecified atom stereocenters. The predicted octanol–water partition coefficient (Wildman–Crippen LogP) is 0.929. The number of nitrogens with zero attached hydrogens (tertiary/aromatic N) is 1. The van der Waals surface area contributed by atoms with Crippen LogP contribution in [0.1, 0.15) is 40.0 Å². The molecule has 0 aromatic rings. The first-order valence-electron chi connectivity index (χ1n) is 6.80. The first-order valence-corrected chi connectivity index (χ1v) is 6.80. The maximum atomic E-state index is 12.0. The maximum Gasteiger partial charge on any atom is 0.245 e. The van der Waals surface area contributed by atoms with Gasteiger partial charge < -0.3 is 15.0 Å². The molecule has 2 atom stereocenters. The summed E-state index contributed by atoms with van der Waals surface area (Å²) >= 11 is 0. The summed E-state index contributed by atoms with van der Waals surface area (Å²) in [4.78, 5) is 25.5. The predicted molar refractivity (Wildman–Crippen MR) is 69.1 cm³/mol. The Bertz CT molecular complexity index is 294. The van der Waals surface area contributed by atoms with Crippen LogP contribution in [0.3, 0.4) is 0 Å². The molecule has 0 aromatic heterocycles. The van der Waals surface area contributed by atoms with Gasteiger partial charge in [-0.15, -0.1) is 0 Å². The normalized spacial score (nSPS) is 24.3. The van der Waals surface area contributed by atoms with Crippen molar-refractivity contribution in [3.63, 3.8) is 0 Å². The fourth-order valence-corrected chi connectivity index (χ4v) is 2.17. The highest BCUT2D eigenvalue weighted by molar-refractivity contribution is 5.96. The van der Waals surface area contributed by atoms with Gasteiger partial charge in [-0.1, -0.05) is 13.8 Å². The lowest BCUT2D eigenvalue weighted by molar-refractivity contribution is -0.149. The molecule has 1 heterocycles. The molecule has 18 heavy (non-hydrogen) atoms. The van der Waals surface area contributed by atoms with Crippen molar-refractivity contribution >= 4 is 11.8 Å². The second kappa shape index (κ2) is 7.36. The molecule has 0 radical (unpaired) electrons. The molecule has 0 aromatic carbocycles. The van der Waals surface area contributed by atoms with E-state index >= 15 is 0 Å². The fourth-order valence-electron chi connectivity index (χ4n) is 2.17. The van der Waals surface area contributed by atoms with Gasteiger partial charge in [-0.2, -0.15) is 0 Å². The van der Waals surface area contributed by atoms with E-state index in [-0.39, 0.29) is 17.9 Å². The molecule has 1 aliphatic heterocycles. The van der Waals surface area contributed by atoms with Crippen molar-refractivity contribution in [3.05, 3.63) is 0 Å². The zero-order chi connectivity index (χ0) is 13.5. The summed E-state index contributed by atoms with van der Waals surface area (Å²) in [5, 5.41) is 2.71. The van der Waals surface area contributed by atoms with Crippen LogP contribution in [0.25, 0.3) is 0 Å². The highest BCUT2D eigenvalue weighted by atomic mass is 16.5. The Morgan fingerprint density at radius 3 is 2.61 bits per heavy atom. The van der Waals surface area contributed by atoms with Crippen LogP contribution in [0.15, 0.2) is 0 Å². The molecule has 0 saturated carbocycles. The first-order chi connectivity index (χ1) is 8.61. The number of ether oxygens (including phenoxy) is 1. The van der Waals surface area contributed by atoms with Crippen LogP contribution in [0.2, 0.25) is 0 Å². The van der Waals surface area contributed by atoms with E-state index < -0.39 is 6.04 Å². The third-order valence-corrected chi connectivity index (χ3v) is 3.11. The first kappa shape index (κ1) is 15.0. The van der Waals surface area contributed by atoms with Crippen molar-refractivity contribution in [2.24, 2.45) is 0 Å². The second-order valence-corrected chi connectivity index (χ2v) is 4.65. The number of amides is 2. The van der Waals surface area contributed by atoms with Crippen LogP contribution < -0.4 is 5.32 Å². The van der Waals surface area contributed by atoms with Gasteiger partial charge in [0.05, 0.1) is 0 Å². The number of nitrogens with one attached hydrogen (secondary N) is 1. The molecule has 1 N–H and O–H groups in total. The Hall–Kier alpha value is -1.10. The van der Waals surface area contributed by atoms with Gasteiger partial charge in [0.1, 0.15) is 12.1 Å². The molecule has 1 saturated heterocycles. The minimum Gasteiger partial charge on any atom is -0.381 e. The van der Waals surface area contributed by atoms with Gasteiger partial charge in [0, 0.05) is 19.8 Å². The number of carbonyl (C=O) groups excluding carboxylic acids is 2. The van der Waals surface area contributed by atoms with Crippen molar-refractivity contribution in [1.82, 2.24) is 10.2 Å². The lowest BCUT2D eigenvalue weighted by Gasteiger charge is -2.37. The van der Waals surface area contributed by atoms with Gasteiger partial charge in [0.25, 0.3) is 0 Å². The fraction of sp³-hybridized carbons (Fsp3) is 0.846. The maximum absolute atomic E-state index is 12.0. The molecular weight excluding hydrogens is 232 g/mol. The summed E-state index contributed by atoms with van der Waals surface area (Å²) in [7, 11) is 0. The second-order valence-electron chi connectivity index (χ2n) is 4.65. The summed E-state index contributed by atoms with van der Waals surface area (Å²) in [5.41, 5.74) is 0. The largest absolute Gasteiger partial charge is 0.381 e. The molecule has 5 nitrogen and oxygen atoms in total. The Morgan fingerprint density at radius 2 is 2.00 bits per heavy atom. The highest BCUT2D eigenvalue weighted by Gasteiger charge is 2.36. The van der Waals surface area contributed by atoms with Crippen LogP contribution >= 0.6 is 0 Å². The molecule has 1 rings (SSSR count). The van der Waals surface area contributed by atoms with Crippen molar-refractivity contribution < 1.29 is 14.3 Å². The molecule has 104 valence electrons. The number of carbonyl (C=O) groups is 2. The Kier molecular flexibility index (Phi) is 6.12. The molecule has 0 aliphatic carbocycles. The zero-order valence-corrected chi connectivity index (χ0v) is 11.6. The number of hydrogen-bond acceptors (Lipinski definition) is 3. The third kappa shape index (κ3) is 3.70. The van der Waals surface area contributed by atoms with E-state index in [0.29, 0.717) is 19.6 Å². The molecule has 1 fully saturated rings. The summed E-state index contributed by atoms with van der Waals surface area (Å²) in [5.74, 6) is -0.0315. The minimum absolute atomic E-state index is 0.0111. The topological polar surface area (TPSA) is 58.6 Å². The zero-order valence-electron chi connectivity index (χ0n) is 11.6. The van der Waals surface area contributed by atoms with Crippen molar-refractivity contribution in [2.75, 3.05) is 19.8 Å². The molecule has 0 bridgehead atoms. The van der Waals surface area contributed by atoms with Crippen LogP contribution in [0.4, 0.5) is 0 Å². The van der Waals surface area contributed by atoms with Crippen molar-refractivity contribution in [3.8, 4) is 0 Å². The smallest absolute Gasteiger partial charge is 0.245 e. The summed E-state index contributed by atoms with van der Waals surface area (Å²) in [6.07, 6.45) is 2.43. The average molecular weight is 256 g/mol. The molecular formula is C13H24N2O3. The van der Waals surface area contributed by atoms with Crippen molar-refractivity contribution in [2.45, 2.75) is 52.1 Å². The van der Waals surface area contributed by atoms with Crippen LogP contribution in [-0.2, 0) is 14.3 Å². The molecule has 5 heteroatoms. The van der Waals surface area contributed by atoms with E-state index in [2.05, 4.69) is 12.2 Å². The van der Waals surface area contributed by atoms with Gasteiger partial charge in [-0.05, 0) is 26.2 Å². The third-order valence-electron chi connectivity index (χ3n) is 3.11. The monoisotopic (exact) mass is 256 g/mol. The quantitative estimate of drug-likeness (QED) is 0.689. The molecule has 0 spiro atoms. The summed E-state index contributed by atoms with van der Waals surface area (Å²) < 4.78 is 5.39. The minimum atomic E-state index is -0.406. The molecule has 1 aliphatic rings. The number of rotatable bonds is 7. The van der Waals surface area contributed by atoms with Gasteiger partial charge >= 0.3 is 0 Å². The standard InChI is InChI=1S/C13H24N2O3/c1-4-8-18-9-6-7-15-11(5-2)12(16)14-10(3)13(15)17/h10-11H,4-9H2,1-3H3,(H,14,16). The van der Waals surface area contributed by atoms with E-state index in [0.717, 1.165) is 19.4 Å². The highest BCUT2D eigenvalue weighted by Crippen LogP contribution is 2.13. The summed E-state index contributed by atoms with van der Waals surface area (Å²) in [6.45, 7) is 7.71. The van der Waals surface area contributed by atoms with E-state index in [1.807, 2.05) is 6.92 Å². The van der Waals surface area contributed by atoms with Crippen LogP contribution in [0, 0.1) is 0 Å². The lowest BCUT2D eigenvalue weighted by Crippen LogP contribution is -2.62. The number of piperazine rings is 1. The SMILES string of the molecule is CCCOCCCN1C(=O)C(C)NC(=O)C1CC. The number of hydrogen-bond donors (Lipinski definition) is 1. The Morgan fingerprint density at radius 1 is 1.28 bits per heavy atom. The van der Waals surface area contributed by atoms with Gasteiger partial charge in [0.2, 0.25) is 11.8 Å². The van der Waals surface area contributed by atoms with Gasteiger partial charge in [-0.25, -0.2) is 0 Å². The van der Waals surface area contributed by atoms with Crippen LogP contribution in [0.5, 0.6) is 0 Å². The Balaban J connectivity index is 2.47. The van der Waals surface area contributed by atoms with E-state index in [4.69, 9.17) is 4.74 Å². The van der Waals surface area contributed by atoms with Gasteiger partial charge in [0.15, 0.2) is 0 Å². The van der Waals surface area contributed by atoms with E-state index in [1.165, 1.54) is 0 Å².